The van der Waals surface area contributed by atoms with E-state index in [-0.39, 0.29) is 0 Å². The molecule has 1 saturated carbocycles. The number of nitrogens with zero attached hydrogens (tertiary/aromatic N) is 2. The second-order valence-electron chi connectivity index (χ2n) is 5.57. The number of halogens is 1. The number of hydrogen-bond acceptors (Lipinski definition) is 3. The quantitative estimate of drug-likeness (QED) is 0.724. The summed E-state index contributed by atoms with van der Waals surface area (Å²) in [4.78, 5) is 8.88. The van der Waals surface area contributed by atoms with E-state index in [1.807, 2.05) is 19.1 Å². The van der Waals surface area contributed by atoms with Crippen LogP contribution >= 0.6 is 11.6 Å². The van der Waals surface area contributed by atoms with E-state index >= 15 is 0 Å². The van der Waals surface area contributed by atoms with Gasteiger partial charge in [0, 0.05) is 11.5 Å². The van der Waals surface area contributed by atoms with Crippen LogP contribution in [0, 0.1) is 6.92 Å². The Bertz CT molecular complexity index is 636. The normalized spacial score (nSPS) is 14.2. The summed E-state index contributed by atoms with van der Waals surface area (Å²) in [5.74, 6) is 2.62. The first-order valence-electron chi connectivity index (χ1n) is 7.48. The maximum atomic E-state index is 6.19. The molecule has 0 radical (unpaired) electrons. The highest BCUT2D eigenvalue weighted by Crippen LogP contribution is 2.40. The van der Waals surface area contributed by atoms with Gasteiger partial charge in [0.05, 0.1) is 0 Å². The minimum Gasteiger partial charge on any atom is -0.439 e. The van der Waals surface area contributed by atoms with Crippen molar-refractivity contribution in [3.05, 3.63) is 46.4 Å². The molecule has 0 amide bonds. The smallest absolute Gasteiger partial charge is 0.226 e. The van der Waals surface area contributed by atoms with Gasteiger partial charge in [0.25, 0.3) is 0 Å². The van der Waals surface area contributed by atoms with Gasteiger partial charge in [-0.2, -0.15) is 4.98 Å². The molecule has 0 aliphatic heterocycles. The summed E-state index contributed by atoms with van der Waals surface area (Å²) in [5, 5.41) is 0.490. The number of hydrogen-bond donors (Lipinski definition) is 0. The monoisotopic (exact) mass is 302 g/mol. The van der Waals surface area contributed by atoms with Gasteiger partial charge in [0.15, 0.2) is 0 Å². The van der Waals surface area contributed by atoms with Crippen molar-refractivity contribution in [2.45, 2.75) is 45.4 Å². The highest BCUT2D eigenvalue weighted by atomic mass is 35.5. The summed E-state index contributed by atoms with van der Waals surface area (Å²) in [6.07, 6.45) is 4.52. The molecule has 0 unspecified atom stereocenters. The van der Waals surface area contributed by atoms with Gasteiger partial charge in [-0.3, -0.25) is 0 Å². The number of ether oxygens (including phenoxy) is 1. The zero-order valence-corrected chi connectivity index (χ0v) is 13.2. The number of aromatic nitrogens is 2. The van der Waals surface area contributed by atoms with Crippen molar-refractivity contribution < 1.29 is 4.74 Å². The third-order valence-electron chi connectivity index (χ3n) is 3.68. The molecule has 0 spiro atoms. The van der Waals surface area contributed by atoms with Gasteiger partial charge < -0.3 is 4.74 Å². The molecule has 0 bridgehead atoms. The van der Waals surface area contributed by atoms with E-state index in [0.29, 0.717) is 17.0 Å². The van der Waals surface area contributed by atoms with Crippen LogP contribution in [0.15, 0.2) is 24.3 Å². The lowest BCUT2D eigenvalue weighted by Crippen LogP contribution is -2.00. The first-order valence-corrected chi connectivity index (χ1v) is 7.86. The molecule has 1 aromatic heterocycles. The lowest BCUT2D eigenvalue weighted by Gasteiger charge is -2.10. The Labute approximate surface area is 130 Å². The summed E-state index contributed by atoms with van der Waals surface area (Å²) in [7, 11) is 0. The van der Waals surface area contributed by atoms with Crippen LogP contribution in [0.1, 0.15) is 49.1 Å². The predicted molar refractivity (Wildman–Crippen MR) is 84.3 cm³/mol. The molecule has 1 aromatic carbocycles. The molecule has 0 N–H and O–H groups in total. The lowest BCUT2D eigenvalue weighted by molar-refractivity contribution is 0.454. The summed E-state index contributed by atoms with van der Waals surface area (Å²) >= 11 is 6.19. The van der Waals surface area contributed by atoms with E-state index in [0.717, 1.165) is 42.8 Å². The van der Waals surface area contributed by atoms with E-state index < -0.39 is 0 Å². The Morgan fingerprint density at radius 1 is 1.19 bits per heavy atom. The molecule has 21 heavy (non-hydrogen) atoms. The van der Waals surface area contributed by atoms with Crippen molar-refractivity contribution in [1.82, 2.24) is 9.97 Å². The summed E-state index contributed by atoms with van der Waals surface area (Å²) in [6, 6.07) is 8.16. The topological polar surface area (TPSA) is 35.0 Å². The second-order valence-corrected chi connectivity index (χ2v) is 5.93. The largest absolute Gasteiger partial charge is 0.439 e. The summed E-state index contributed by atoms with van der Waals surface area (Å²) in [6.45, 7) is 4.07. The van der Waals surface area contributed by atoms with Crippen LogP contribution in [-0.4, -0.2) is 9.97 Å². The zero-order valence-electron chi connectivity index (χ0n) is 12.4. The first-order chi connectivity index (χ1) is 10.2. The van der Waals surface area contributed by atoms with Crippen LogP contribution in [-0.2, 0) is 6.42 Å². The third kappa shape index (κ3) is 3.35. The molecular formula is C17H19ClN2O. The second kappa shape index (κ2) is 6.02. The van der Waals surface area contributed by atoms with Crippen molar-refractivity contribution in [3.8, 4) is 11.6 Å². The van der Waals surface area contributed by atoms with Gasteiger partial charge in [0.1, 0.15) is 16.7 Å². The van der Waals surface area contributed by atoms with Crippen molar-refractivity contribution in [2.75, 3.05) is 0 Å². The number of benzene rings is 1. The van der Waals surface area contributed by atoms with Crippen molar-refractivity contribution in [3.63, 3.8) is 0 Å². The van der Waals surface area contributed by atoms with Gasteiger partial charge >= 0.3 is 0 Å². The van der Waals surface area contributed by atoms with Crippen LogP contribution in [0.25, 0.3) is 0 Å². The van der Waals surface area contributed by atoms with Gasteiger partial charge in [-0.1, -0.05) is 37.1 Å². The predicted octanol–water partition coefficient (Wildman–Crippen LogP) is 5.06. The number of aryl methyl sites for hydroxylation is 1. The Hall–Kier alpha value is -1.61. The molecule has 1 aliphatic rings. The molecule has 1 heterocycles. The Morgan fingerprint density at radius 2 is 1.90 bits per heavy atom. The average molecular weight is 303 g/mol. The molecule has 0 saturated heterocycles. The first kappa shape index (κ1) is 14.3. The third-order valence-corrected chi connectivity index (χ3v) is 4.05. The van der Waals surface area contributed by atoms with Gasteiger partial charge in [-0.15, -0.1) is 0 Å². The minimum absolute atomic E-state index is 0.456. The van der Waals surface area contributed by atoms with Crippen LogP contribution in [0.5, 0.6) is 11.6 Å². The minimum atomic E-state index is 0.456. The Balaban J connectivity index is 1.83. The molecule has 0 atom stereocenters. The van der Waals surface area contributed by atoms with E-state index in [4.69, 9.17) is 16.3 Å². The van der Waals surface area contributed by atoms with Gasteiger partial charge in [-0.05, 0) is 43.9 Å². The van der Waals surface area contributed by atoms with Crippen molar-refractivity contribution >= 4 is 11.6 Å². The number of rotatable bonds is 5. The molecule has 4 heteroatoms. The fraction of sp³-hybridized carbons (Fsp3) is 0.412. The standard InChI is InChI=1S/C17H19ClN2O/c1-3-4-12-5-9-14(10-6-12)21-17-11(2)15(18)19-16(20-17)13-7-8-13/h5-6,9-10,13H,3-4,7-8H2,1-2H3. The molecule has 1 fully saturated rings. The maximum Gasteiger partial charge on any atom is 0.226 e. The van der Waals surface area contributed by atoms with Gasteiger partial charge in [-0.25, -0.2) is 4.98 Å². The Kier molecular flexibility index (Phi) is 4.11. The summed E-state index contributed by atoms with van der Waals surface area (Å²) in [5.41, 5.74) is 2.11. The fourth-order valence-electron chi connectivity index (χ4n) is 2.23. The van der Waals surface area contributed by atoms with Crippen LogP contribution in [0.4, 0.5) is 0 Å². The van der Waals surface area contributed by atoms with Crippen LogP contribution in [0.2, 0.25) is 5.15 Å². The Morgan fingerprint density at radius 3 is 2.52 bits per heavy atom. The van der Waals surface area contributed by atoms with Crippen LogP contribution < -0.4 is 4.74 Å². The van der Waals surface area contributed by atoms with E-state index in [1.165, 1.54) is 5.56 Å². The molecule has 3 nitrogen and oxygen atoms in total. The highest BCUT2D eigenvalue weighted by Gasteiger charge is 2.28. The molecule has 2 aromatic rings. The molecule has 1 aliphatic carbocycles. The van der Waals surface area contributed by atoms with Gasteiger partial charge in [0.2, 0.25) is 5.88 Å². The molecule has 110 valence electrons. The van der Waals surface area contributed by atoms with E-state index in [2.05, 4.69) is 29.0 Å². The fourth-order valence-corrected chi connectivity index (χ4v) is 2.40. The van der Waals surface area contributed by atoms with Crippen LogP contribution in [0.3, 0.4) is 0 Å². The maximum absolute atomic E-state index is 6.19. The molecular weight excluding hydrogens is 284 g/mol. The van der Waals surface area contributed by atoms with Crippen molar-refractivity contribution in [2.24, 2.45) is 0 Å². The average Bonchev–Trinajstić information content (AvgIpc) is 3.30. The SMILES string of the molecule is CCCc1ccc(Oc2nc(C3CC3)nc(Cl)c2C)cc1. The summed E-state index contributed by atoms with van der Waals surface area (Å²) < 4.78 is 5.91. The molecule has 3 rings (SSSR count). The van der Waals surface area contributed by atoms with Crippen molar-refractivity contribution in [1.29, 1.82) is 0 Å². The van der Waals surface area contributed by atoms with E-state index in [1.54, 1.807) is 0 Å². The lowest BCUT2D eigenvalue weighted by atomic mass is 10.1. The zero-order chi connectivity index (χ0) is 14.8. The van der Waals surface area contributed by atoms with E-state index in [9.17, 15) is 0 Å². The highest BCUT2D eigenvalue weighted by molar-refractivity contribution is 6.30.